The summed E-state index contributed by atoms with van der Waals surface area (Å²) in [6.07, 6.45) is 0. The molecule has 0 spiro atoms. The third kappa shape index (κ3) is 5.19. The molecule has 1 saturated heterocycles. The van der Waals surface area contributed by atoms with Crippen LogP contribution in [0.2, 0.25) is 0 Å². The summed E-state index contributed by atoms with van der Waals surface area (Å²) in [6.45, 7) is 5.14. The van der Waals surface area contributed by atoms with E-state index in [0.29, 0.717) is 36.8 Å². The normalized spacial score (nSPS) is 13.7. The Morgan fingerprint density at radius 1 is 1.00 bits per heavy atom. The molecule has 3 rings (SSSR count). The number of benzene rings is 2. The minimum atomic E-state index is -0.315. The van der Waals surface area contributed by atoms with Gasteiger partial charge in [0.15, 0.2) is 11.5 Å². The lowest BCUT2D eigenvalue weighted by Gasteiger charge is -2.36. The van der Waals surface area contributed by atoms with Crippen LogP contribution in [0.3, 0.4) is 0 Å². The largest absolute Gasteiger partial charge is 0.493 e. The number of hydrogen-bond donors (Lipinski definition) is 1. The predicted molar refractivity (Wildman–Crippen MR) is 112 cm³/mol. The van der Waals surface area contributed by atoms with Gasteiger partial charge in [-0.3, -0.25) is 9.59 Å². The minimum absolute atomic E-state index is 0.0276. The number of anilines is 1. The second-order valence-corrected chi connectivity index (χ2v) is 6.68. The molecule has 1 fully saturated rings. The second kappa shape index (κ2) is 9.82. The summed E-state index contributed by atoms with van der Waals surface area (Å²) in [5.74, 6) is 0.677. The Kier molecular flexibility index (Phi) is 6.94. The van der Waals surface area contributed by atoms with E-state index >= 15 is 0 Å². The minimum Gasteiger partial charge on any atom is -0.493 e. The molecule has 2 aromatic carbocycles. The summed E-state index contributed by atoms with van der Waals surface area (Å²) < 4.78 is 10.7. The van der Waals surface area contributed by atoms with Gasteiger partial charge in [0, 0.05) is 37.4 Å². The summed E-state index contributed by atoms with van der Waals surface area (Å²) in [5, 5.41) is 2.71. The van der Waals surface area contributed by atoms with Gasteiger partial charge in [0.1, 0.15) is 0 Å². The van der Waals surface area contributed by atoms with E-state index in [-0.39, 0.29) is 18.4 Å². The van der Waals surface area contributed by atoms with Gasteiger partial charge in [0.05, 0.1) is 20.3 Å². The smallest absolute Gasteiger partial charge is 0.251 e. The summed E-state index contributed by atoms with van der Waals surface area (Å²) >= 11 is 0. The van der Waals surface area contributed by atoms with Gasteiger partial charge in [-0.2, -0.15) is 0 Å². The number of ether oxygens (including phenoxy) is 2. The zero-order valence-electron chi connectivity index (χ0n) is 16.9. The number of rotatable bonds is 7. The Morgan fingerprint density at radius 2 is 1.72 bits per heavy atom. The monoisotopic (exact) mass is 397 g/mol. The van der Waals surface area contributed by atoms with Gasteiger partial charge in [-0.05, 0) is 37.3 Å². The van der Waals surface area contributed by atoms with Crippen molar-refractivity contribution in [2.45, 2.75) is 6.92 Å². The summed E-state index contributed by atoms with van der Waals surface area (Å²) in [5.41, 5.74) is 1.59. The molecule has 154 valence electrons. The van der Waals surface area contributed by atoms with Crippen LogP contribution in [0.15, 0.2) is 48.5 Å². The Balaban J connectivity index is 1.50. The van der Waals surface area contributed by atoms with E-state index in [1.165, 1.54) is 0 Å². The molecule has 1 aliphatic heterocycles. The van der Waals surface area contributed by atoms with Crippen LogP contribution in [0.5, 0.6) is 11.5 Å². The molecule has 1 aliphatic rings. The lowest BCUT2D eigenvalue weighted by Crippen LogP contribution is -2.51. The van der Waals surface area contributed by atoms with Gasteiger partial charge >= 0.3 is 0 Å². The quantitative estimate of drug-likeness (QED) is 0.775. The molecule has 29 heavy (non-hydrogen) atoms. The van der Waals surface area contributed by atoms with Crippen molar-refractivity contribution in [1.82, 2.24) is 10.2 Å². The van der Waals surface area contributed by atoms with Crippen molar-refractivity contribution in [3.05, 3.63) is 54.1 Å². The van der Waals surface area contributed by atoms with E-state index in [1.54, 1.807) is 30.2 Å². The molecule has 2 amide bonds. The molecule has 1 heterocycles. The Morgan fingerprint density at radius 3 is 2.38 bits per heavy atom. The van der Waals surface area contributed by atoms with E-state index in [9.17, 15) is 9.59 Å². The van der Waals surface area contributed by atoms with Gasteiger partial charge in [-0.15, -0.1) is 0 Å². The predicted octanol–water partition coefficient (Wildman–Crippen LogP) is 2.17. The van der Waals surface area contributed by atoms with E-state index in [0.717, 1.165) is 18.8 Å². The molecule has 0 aliphatic carbocycles. The number of para-hydroxylation sites is 1. The molecule has 2 aromatic rings. The van der Waals surface area contributed by atoms with Crippen LogP contribution in [-0.4, -0.2) is 63.2 Å². The maximum absolute atomic E-state index is 12.5. The maximum atomic E-state index is 12.5. The summed E-state index contributed by atoms with van der Waals surface area (Å²) in [4.78, 5) is 29.0. The number of carbonyl (C=O) groups excluding carboxylic acids is 2. The number of methoxy groups -OCH3 is 1. The highest BCUT2D eigenvalue weighted by Gasteiger charge is 2.21. The van der Waals surface area contributed by atoms with Gasteiger partial charge in [-0.1, -0.05) is 18.2 Å². The molecule has 0 aromatic heterocycles. The first-order valence-electron chi connectivity index (χ1n) is 9.79. The second-order valence-electron chi connectivity index (χ2n) is 6.68. The zero-order chi connectivity index (χ0) is 20.6. The standard InChI is InChI=1S/C22H27N3O4/c1-3-29-20-15-17(9-10-19(20)28-2)22(27)23-16-21(26)25-13-11-24(12-14-25)18-7-5-4-6-8-18/h4-10,15H,3,11-14,16H2,1-2H3,(H,23,27). The van der Waals surface area contributed by atoms with Crippen molar-refractivity contribution in [3.63, 3.8) is 0 Å². The summed E-state index contributed by atoms with van der Waals surface area (Å²) in [6, 6.07) is 15.1. The highest BCUT2D eigenvalue weighted by molar-refractivity contribution is 5.97. The molecule has 7 nitrogen and oxygen atoms in total. The van der Waals surface area contributed by atoms with E-state index in [2.05, 4.69) is 22.3 Å². The molecule has 0 unspecified atom stereocenters. The Hall–Kier alpha value is -3.22. The van der Waals surface area contributed by atoms with Crippen molar-refractivity contribution in [1.29, 1.82) is 0 Å². The highest BCUT2D eigenvalue weighted by Crippen LogP contribution is 2.28. The van der Waals surface area contributed by atoms with E-state index in [4.69, 9.17) is 9.47 Å². The number of amides is 2. The molecule has 1 N–H and O–H groups in total. The topological polar surface area (TPSA) is 71.1 Å². The molecule has 0 atom stereocenters. The Bertz CT molecular complexity index is 833. The van der Waals surface area contributed by atoms with Gasteiger partial charge in [-0.25, -0.2) is 0 Å². The van der Waals surface area contributed by atoms with Crippen molar-refractivity contribution in [2.24, 2.45) is 0 Å². The third-order valence-corrected chi connectivity index (χ3v) is 4.88. The fourth-order valence-electron chi connectivity index (χ4n) is 3.31. The SMILES string of the molecule is CCOc1cc(C(=O)NCC(=O)N2CCN(c3ccccc3)CC2)ccc1OC. The van der Waals surface area contributed by atoms with Crippen molar-refractivity contribution in [3.8, 4) is 11.5 Å². The molecular weight excluding hydrogens is 370 g/mol. The van der Waals surface area contributed by atoms with Crippen LogP contribution < -0.4 is 19.7 Å². The fourth-order valence-corrected chi connectivity index (χ4v) is 3.31. The van der Waals surface area contributed by atoms with Crippen LogP contribution in [0.25, 0.3) is 0 Å². The third-order valence-electron chi connectivity index (χ3n) is 4.88. The van der Waals surface area contributed by atoms with Crippen LogP contribution in [-0.2, 0) is 4.79 Å². The van der Waals surface area contributed by atoms with Gasteiger partial charge in [0.2, 0.25) is 5.91 Å². The first-order chi connectivity index (χ1) is 14.1. The molecule has 0 bridgehead atoms. The highest BCUT2D eigenvalue weighted by atomic mass is 16.5. The summed E-state index contributed by atoms with van der Waals surface area (Å²) in [7, 11) is 1.55. The number of piperazine rings is 1. The van der Waals surface area contributed by atoms with Crippen LogP contribution >= 0.6 is 0 Å². The lowest BCUT2D eigenvalue weighted by atomic mass is 10.2. The van der Waals surface area contributed by atoms with E-state index < -0.39 is 0 Å². The van der Waals surface area contributed by atoms with Crippen molar-refractivity contribution < 1.29 is 19.1 Å². The number of nitrogens with zero attached hydrogens (tertiary/aromatic N) is 2. The van der Waals surface area contributed by atoms with E-state index in [1.807, 2.05) is 25.1 Å². The zero-order valence-corrected chi connectivity index (χ0v) is 16.9. The van der Waals surface area contributed by atoms with Crippen molar-refractivity contribution >= 4 is 17.5 Å². The number of hydrogen-bond acceptors (Lipinski definition) is 5. The Labute approximate surface area is 171 Å². The maximum Gasteiger partial charge on any atom is 0.251 e. The number of nitrogens with one attached hydrogen (secondary N) is 1. The first-order valence-corrected chi connectivity index (χ1v) is 9.79. The lowest BCUT2D eigenvalue weighted by molar-refractivity contribution is -0.130. The van der Waals surface area contributed by atoms with Crippen LogP contribution in [0, 0.1) is 0 Å². The van der Waals surface area contributed by atoms with Crippen LogP contribution in [0.1, 0.15) is 17.3 Å². The van der Waals surface area contributed by atoms with Crippen LogP contribution in [0.4, 0.5) is 5.69 Å². The molecule has 0 saturated carbocycles. The molecular formula is C22H27N3O4. The fraction of sp³-hybridized carbons (Fsp3) is 0.364. The van der Waals surface area contributed by atoms with Gasteiger partial charge in [0.25, 0.3) is 5.91 Å². The van der Waals surface area contributed by atoms with Gasteiger partial charge < -0.3 is 24.6 Å². The average molecular weight is 397 g/mol. The molecule has 7 heteroatoms. The average Bonchev–Trinajstić information content (AvgIpc) is 2.78. The first kappa shape index (κ1) is 20.5. The molecule has 0 radical (unpaired) electrons. The van der Waals surface area contributed by atoms with Crippen molar-refractivity contribution in [2.75, 3.05) is 51.3 Å². The number of carbonyl (C=O) groups is 2.